The van der Waals surface area contributed by atoms with Crippen LogP contribution in [0.5, 0.6) is 0 Å². The number of carboxylic acid groups (broad SMARTS) is 1. The number of aliphatic hydroxyl groups excluding tert-OH is 1. The predicted molar refractivity (Wildman–Crippen MR) is 69.8 cm³/mol. The van der Waals surface area contributed by atoms with E-state index in [0.29, 0.717) is 6.42 Å². The molecule has 2 N–H and O–H groups in total. The van der Waals surface area contributed by atoms with Crippen molar-refractivity contribution in [3.63, 3.8) is 0 Å². The van der Waals surface area contributed by atoms with Gasteiger partial charge in [-0.2, -0.15) is 0 Å². The van der Waals surface area contributed by atoms with Gasteiger partial charge >= 0.3 is 5.97 Å². The van der Waals surface area contributed by atoms with Crippen molar-refractivity contribution in [3.05, 3.63) is 24.3 Å². The maximum atomic E-state index is 10.4. The van der Waals surface area contributed by atoms with Crippen molar-refractivity contribution in [2.24, 2.45) is 5.92 Å². The number of carbonyl (C=O) groups is 1. The summed E-state index contributed by atoms with van der Waals surface area (Å²) in [7, 11) is 0. The minimum absolute atomic E-state index is 0.203. The van der Waals surface area contributed by atoms with Gasteiger partial charge in [-0.25, -0.2) is 0 Å². The second-order valence-electron chi connectivity index (χ2n) is 4.54. The fourth-order valence-electron chi connectivity index (χ4n) is 1.43. The molecule has 0 saturated carbocycles. The second kappa shape index (κ2) is 10.1. The lowest BCUT2D eigenvalue weighted by Gasteiger charge is -2.03. The second-order valence-corrected chi connectivity index (χ2v) is 4.54. The highest BCUT2D eigenvalue weighted by Crippen LogP contribution is 2.08. The molecule has 0 aromatic rings. The summed E-state index contributed by atoms with van der Waals surface area (Å²) in [5.41, 5.74) is 0. The third kappa shape index (κ3) is 12.8. The Bertz CT molecular complexity index is 254. The molecule has 0 aliphatic carbocycles. The zero-order valence-electron chi connectivity index (χ0n) is 10.8. The average molecular weight is 240 g/mol. The molecule has 0 heterocycles. The third-order valence-corrected chi connectivity index (χ3v) is 2.37. The first-order chi connectivity index (χ1) is 8.02. The molecule has 3 nitrogen and oxygen atoms in total. The lowest BCUT2D eigenvalue weighted by Crippen LogP contribution is -2.02. The predicted octanol–water partition coefficient (Wildman–Crippen LogP) is 3.15. The molecule has 98 valence electrons. The van der Waals surface area contributed by atoms with Crippen LogP contribution < -0.4 is 0 Å². The summed E-state index contributed by atoms with van der Waals surface area (Å²) in [5, 5.41) is 17.6. The Kier molecular flexibility index (Phi) is 9.44. The Balaban J connectivity index is 3.48. The molecule has 0 saturated heterocycles. The van der Waals surface area contributed by atoms with Gasteiger partial charge in [-0.15, -0.1) is 0 Å². The maximum Gasteiger partial charge on any atom is 0.303 e. The molecule has 3 heteroatoms. The lowest BCUT2D eigenvalue weighted by atomic mass is 10.0. The number of allylic oxidation sites excluding steroid dienone is 3. The monoisotopic (exact) mass is 240 g/mol. The molecule has 0 fully saturated rings. The highest BCUT2D eigenvalue weighted by molar-refractivity contribution is 5.66. The number of unbranched alkanes of at least 4 members (excludes halogenated alkanes) is 1. The first-order valence-corrected chi connectivity index (χ1v) is 6.22. The van der Waals surface area contributed by atoms with E-state index in [1.54, 1.807) is 6.92 Å². The van der Waals surface area contributed by atoms with Gasteiger partial charge in [-0.1, -0.05) is 31.2 Å². The van der Waals surface area contributed by atoms with E-state index < -0.39 is 5.97 Å². The summed E-state index contributed by atoms with van der Waals surface area (Å²) >= 11 is 0. The fourth-order valence-corrected chi connectivity index (χ4v) is 1.43. The molecular weight excluding hydrogens is 216 g/mol. The summed E-state index contributed by atoms with van der Waals surface area (Å²) < 4.78 is 0. The molecule has 0 aliphatic heterocycles. The van der Waals surface area contributed by atoms with Crippen molar-refractivity contribution >= 4 is 5.97 Å². The van der Waals surface area contributed by atoms with Gasteiger partial charge in [0.25, 0.3) is 0 Å². The molecule has 0 rings (SSSR count). The number of hydrogen-bond donors (Lipinski definition) is 2. The van der Waals surface area contributed by atoms with Crippen LogP contribution >= 0.6 is 0 Å². The van der Waals surface area contributed by atoms with E-state index in [2.05, 4.69) is 18.2 Å². The highest BCUT2D eigenvalue weighted by atomic mass is 16.4. The van der Waals surface area contributed by atoms with Gasteiger partial charge in [0.1, 0.15) is 0 Å². The van der Waals surface area contributed by atoms with Crippen LogP contribution in [0, 0.1) is 5.92 Å². The van der Waals surface area contributed by atoms with Crippen LogP contribution in [0.3, 0.4) is 0 Å². The van der Waals surface area contributed by atoms with Crippen LogP contribution in [-0.2, 0) is 4.79 Å². The molecule has 0 amide bonds. The summed E-state index contributed by atoms with van der Waals surface area (Å²) in [5.74, 6) is -0.526. The first-order valence-electron chi connectivity index (χ1n) is 6.22. The molecule has 17 heavy (non-hydrogen) atoms. The van der Waals surface area contributed by atoms with Gasteiger partial charge < -0.3 is 10.2 Å². The quantitative estimate of drug-likeness (QED) is 0.481. The number of rotatable bonds is 9. The van der Waals surface area contributed by atoms with E-state index >= 15 is 0 Å². The van der Waals surface area contributed by atoms with Crippen LogP contribution in [0.25, 0.3) is 0 Å². The minimum atomic E-state index is -0.730. The first kappa shape index (κ1) is 15.9. The van der Waals surface area contributed by atoms with Gasteiger partial charge in [-0.3, -0.25) is 4.79 Å². The molecule has 0 bridgehead atoms. The van der Waals surface area contributed by atoms with Crippen LogP contribution in [-0.4, -0.2) is 22.3 Å². The van der Waals surface area contributed by atoms with Crippen molar-refractivity contribution in [2.75, 3.05) is 0 Å². The molecule has 2 atom stereocenters. The smallest absolute Gasteiger partial charge is 0.303 e. The van der Waals surface area contributed by atoms with E-state index in [0.717, 1.165) is 19.3 Å². The number of hydrogen-bond acceptors (Lipinski definition) is 2. The van der Waals surface area contributed by atoms with Gasteiger partial charge in [0.2, 0.25) is 0 Å². The maximum absolute atomic E-state index is 10.4. The zero-order valence-corrected chi connectivity index (χ0v) is 10.8. The van der Waals surface area contributed by atoms with Gasteiger partial charge in [0.05, 0.1) is 6.10 Å². The summed E-state index contributed by atoms with van der Waals surface area (Å²) in [6, 6.07) is 0. The van der Waals surface area contributed by atoms with Crippen molar-refractivity contribution in [3.8, 4) is 0 Å². The van der Waals surface area contributed by atoms with E-state index in [1.807, 2.05) is 13.0 Å². The lowest BCUT2D eigenvalue weighted by molar-refractivity contribution is -0.137. The normalized spacial score (nSPS) is 15.5. The zero-order chi connectivity index (χ0) is 13.1. The number of aliphatic hydroxyl groups is 1. The standard InChI is InChI=1S/C14H24O3/c1-12(11-14(16)17)9-7-5-3-4-6-8-10-13(2)15/h5-8,12-13,15H,3-4,9-11H2,1-2H3,(H,16,17)/b7-5+,8-6+/t12-,13-/m1/s1. The van der Waals surface area contributed by atoms with E-state index in [9.17, 15) is 4.79 Å². The van der Waals surface area contributed by atoms with Crippen LogP contribution in [0.2, 0.25) is 0 Å². The Labute approximate surface area is 104 Å². The molecule has 0 aromatic heterocycles. The minimum Gasteiger partial charge on any atom is -0.481 e. The average Bonchev–Trinajstić information content (AvgIpc) is 2.20. The molecule has 0 aromatic carbocycles. The van der Waals surface area contributed by atoms with Crippen LogP contribution in [0.15, 0.2) is 24.3 Å². The van der Waals surface area contributed by atoms with Crippen LogP contribution in [0.4, 0.5) is 0 Å². The molecule has 0 unspecified atom stereocenters. The SMILES string of the molecule is C[C@H](C/C=C/CC/C=C/C[C@@H](C)O)CC(=O)O. The number of carboxylic acids is 1. The van der Waals surface area contributed by atoms with E-state index in [-0.39, 0.29) is 18.4 Å². The van der Waals surface area contributed by atoms with Gasteiger partial charge in [0.15, 0.2) is 0 Å². The van der Waals surface area contributed by atoms with Crippen molar-refractivity contribution in [1.29, 1.82) is 0 Å². The fraction of sp³-hybridized carbons (Fsp3) is 0.643. The van der Waals surface area contributed by atoms with E-state index in [4.69, 9.17) is 10.2 Å². The van der Waals surface area contributed by atoms with Crippen molar-refractivity contribution < 1.29 is 15.0 Å². The summed E-state index contributed by atoms with van der Waals surface area (Å²) in [6.07, 6.45) is 11.6. The highest BCUT2D eigenvalue weighted by Gasteiger charge is 2.04. The molecule has 0 aliphatic rings. The van der Waals surface area contributed by atoms with Gasteiger partial charge in [0, 0.05) is 6.42 Å². The van der Waals surface area contributed by atoms with Gasteiger partial charge in [-0.05, 0) is 38.5 Å². The van der Waals surface area contributed by atoms with Crippen molar-refractivity contribution in [2.45, 2.75) is 52.1 Å². The number of aliphatic carboxylic acids is 1. The van der Waals surface area contributed by atoms with Crippen molar-refractivity contribution in [1.82, 2.24) is 0 Å². The van der Waals surface area contributed by atoms with Crippen LogP contribution in [0.1, 0.15) is 46.0 Å². The Hall–Kier alpha value is -1.09. The summed E-state index contributed by atoms with van der Waals surface area (Å²) in [6.45, 7) is 3.72. The molecule has 0 radical (unpaired) electrons. The Morgan fingerprint density at radius 2 is 1.59 bits per heavy atom. The summed E-state index contributed by atoms with van der Waals surface area (Å²) in [4.78, 5) is 10.4. The molecule has 0 spiro atoms. The Morgan fingerprint density at radius 1 is 1.06 bits per heavy atom. The Morgan fingerprint density at radius 3 is 2.06 bits per heavy atom. The molecular formula is C14H24O3. The van der Waals surface area contributed by atoms with E-state index in [1.165, 1.54) is 0 Å². The third-order valence-electron chi connectivity index (χ3n) is 2.37. The topological polar surface area (TPSA) is 57.5 Å². The largest absolute Gasteiger partial charge is 0.481 e.